The smallest absolute Gasteiger partial charge is 0.313 e. The van der Waals surface area contributed by atoms with Gasteiger partial charge in [-0.1, -0.05) is 11.6 Å². The van der Waals surface area contributed by atoms with Crippen LogP contribution in [0.5, 0.6) is 0 Å². The predicted molar refractivity (Wildman–Crippen MR) is 84.1 cm³/mol. The Morgan fingerprint density at radius 2 is 1.95 bits per heavy atom. The van der Waals surface area contributed by atoms with Crippen molar-refractivity contribution >= 4 is 29.1 Å². The first kappa shape index (κ1) is 16.1. The van der Waals surface area contributed by atoms with Gasteiger partial charge in [0.15, 0.2) is 0 Å². The molecule has 0 fully saturated rings. The highest BCUT2D eigenvalue weighted by Gasteiger charge is 2.16. The lowest BCUT2D eigenvalue weighted by Gasteiger charge is -2.13. The number of carbonyl (C=O) groups excluding carboxylic acids is 2. The van der Waals surface area contributed by atoms with E-state index in [2.05, 4.69) is 10.6 Å². The summed E-state index contributed by atoms with van der Waals surface area (Å²) in [5, 5.41) is 14.5. The monoisotopic (exact) mass is 321 g/mol. The molecule has 0 saturated carbocycles. The first-order valence-electron chi connectivity index (χ1n) is 6.67. The minimum Gasteiger partial charge on any atom is -0.392 e. The summed E-state index contributed by atoms with van der Waals surface area (Å²) < 4.78 is 1.77. The highest BCUT2D eigenvalue weighted by Crippen LogP contribution is 2.24. The van der Waals surface area contributed by atoms with Crippen molar-refractivity contribution < 1.29 is 14.7 Å². The van der Waals surface area contributed by atoms with Crippen molar-refractivity contribution in [3.8, 4) is 5.69 Å². The molecule has 7 heteroatoms. The minimum atomic E-state index is -0.811. The highest BCUT2D eigenvalue weighted by atomic mass is 35.5. The summed E-state index contributed by atoms with van der Waals surface area (Å²) in [6, 6.07) is 8.60. The van der Waals surface area contributed by atoms with Gasteiger partial charge < -0.3 is 20.3 Å². The molecule has 116 valence electrons. The van der Waals surface area contributed by atoms with Crippen molar-refractivity contribution in [1.82, 2.24) is 9.88 Å². The molecule has 6 nitrogen and oxygen atoms in total. The number of amides is 2. The van der Waals surface area contributed by atoms with E-state index >= 15 is 0 Å². The molecule has 3 N–H and O–H groups in total. The molecular weight excluding hydrogens is 306 g/mol. The maximum absolute atomic E-state index is 11.9. The van der Waals surface area contributed by atoms with Crippen molar-refractivity contribution in [2.45, 2.75) is 13.0 Å². The maximum atomic E-state index is 11.9. The SMILES string of the molecule is CC(O)CNC(=O)C(=O)Nc1ccc(Cl)cc1-n1cccc1. The molecule has 0 aliphatic heterocycles. The standard InChI is InChI=1S/C15H16ClN3O3/c1-10(20)9-17-14(21)15(22)18-12-5-4-11(16)8-13(12)19-6-2-3-7-19/h2-8,10,20H,9H2,1H3,(H,17,21)(H,18,22). The van der Waals surface area contributed by atoms with Crippen LogP contribution in [0, 0.1) is 0 Å². The fourth-order valence-corrected chi connectivity index (χ4v) is 1.99. The third-order valence-electron chi connectivity index (χ3n) is 2.85. The number of hydrogen-bond donors (Lipinski definition) is 3. The van der Waals surface area contributed by atoms with E-state index in [0.717, 1.165) is 0 Å². The van der Waals surface area contributed by atoms with Gasteiger partial charge in [0, 0.05) is 24.0 Å². The molecule has 1 unspecified atom stereocenters. The summed E-state index contributed by atoms with van der Waals surface area (Å²) in [4.78, 5) is 23.5. The molecule has 0 bridgehead atoms. The first-order chi connectivity index (χ1) is 10.5. The Labute approximate surface area is 132 Å². The second kappa shape index (κ2) is 7.11. The summed E-state index contributed by atoms with van der Waals surface area (Å²) in [6.07, 6.45) is 2.88. The summed E-state index contributed by atoms with van der Waals surface area (Å²) in [7, 11) is 0. The van der Waals surface area contributed by atoms with Gasteiger partial charge in [-0.15, -0.1) is 0 Å². The van der Waals surface area contributed by atoms with Crippen LogP contribution in [0.25, 0.3) is 5.69 Å². The van der Waals surface area contributed by atoms with Crippen LogP contribution in [0.1, 0.15) is 6.92 Å². The van der Waals surface area contributed by atoms with Gasteiger partial charge in [-0.2, -0.15) is 0 Å². The molecule has 1 heterocycles. The molecule has 0 saturated heterocycles. The quantitative estimate of drug-likeness (QED) is 0.747. The Morgan fingerprint density at radius 1 is 1.27 bits per heavy atom. The number of nitrogens with zero attached hydrogens (tertiary/aromatic N) is 1. The van der Waals surface area contributed by atoms with E-state index in [1.165, 1.54) is 6.92 Å². The van der Waals surface area contributed by atoms with Crippen molar-refractivity contribution in [3.05, 3.63) is 47.7 Å². The number of nitrogens with one attached hydrogen (secondary N) is 2. The fourth-order valence-electron chi connectivity index (χ4n) is 1.82. The number of carbonyl (C=O) groups is 2. The van der Waals surface area contributed by atoms with E-state index < -0.39 is 17.9 Å². The largest absolute Gasteiger partial charge is 0.392 e. The third-order valence-corrected chi connectivity index (χ3v) is 3.09. The van der Waals surface area contributed by atoms with Gasteiger partial charge in [0.25, 0.3) is 0 Å². The lowest BCUT2D eigenvalue weighted by molar-refractivity contribution is -0.136. The maximum Gasteiger partial charge on any atom is 0.313 e. The van der Waals surface area contributed by atoms with E-state index in [9.17, 15) is 9.59 Å². The van der Waals surface area contributed by atoms with Crippen LogP contribution < -0.4 is 10.6 Å². The van der Waals surface area contributed by atoms with E-state index in [1.54, 1.807) is 35.2 Å². The number of rotatable bonds is 4. The number of aliphatic hydroxyl groups excluding tert-OH is 1. The molecule has 2 amide bonds. The first-order valence-corrected chi connectivity index (χ1v) is 7.05. The number of hydrogen-bond acceptors (Lipinski definition) is 3. The fraction of sp³-hybridized carbons (Fsp3) is 0.200. The number of benzene rings is 1. The average molecular weight is 322 g/mol. The lowest BCUT2D eigenvalue weighted by atomic mass is 10.2. The molecular formula is C15H16ClN3O3. The van der Waals surface area contributed by atoms with Gasteiger partial charge >= 0.3 is 11.8 Å². The molecule has 2 rings (SSSR count). The highest BCUT2D eigenvalue weighted by molar-refractivity contribution is 6.40. The van der Waals surface area contributed by atoms with Crippen LogP contribution in [-0.4, -0.2) is 34.1 Å². The average Bonchev–Trinajstić information content (AvgIpc) is 3.00. The number of aliphatic hydroxyl groups is 1. The van der Waals surface area contributed by atoms with Gasteiger partial charge in [0.2, 0.25) is 0 Å². The molecule has 1 aromatic carbocycles. The normalized spacial score (nSPS) is 11.8. The number of anilines is 1. The van der Waals surface area contributed by atoms with Crippen LogP contribution in [-0.2, 0) is 9.59 Å². The molecule has 0 aliphatic rings. The molecule has 1 aromatic heterocycles. The van der Waals surface area contributed by atoms with E-state index in [-0.39, 0.29) is 6.54 Å². The van der Waals surface area contributed by atoms with Crippen molar-refractivity contribution in [3.63, 3.8) is 0 Å². The van der Waals surface area contributed by atoms with E-state index in [0.29, 0.717) is 16.4 Å². The molecule has 0 aliphatic carbocycles. The van der Waals surface area contributed by atoms with Gasteiger partial charge in [0.1, 0.15) is 0 Å². The summed E-state index contributed by atoms with van der Waals surface area (Å²) in [5.74, 6) is -1.62. The molecule has 1 atom stereocenters. The van der Waals surface area contributed by atoms with Gasteiger partial charge in [-0.25, -0.2) is 0 Å². The molecule has 0 spiro atoms. The van der Waals surface area contributed by atoms with Gasteiger partial charge in [-0.05, 0) is 37.3 Å². The van der Waals surface area contributed by atoms with Crippen molar-refractivity contribution in [2.75, 3.05) is 11.9 Å². The van der Waals surface area contributed by atoms with Crippen LogP contribution in [0.2, 0.25) is 5.02 Å². The van der Waals surface area contributed by atoms with Crippen LogP contribution in [0.4, 0.5) is 5.69 Å². The topological polar surface area (TPSA) is 83.4 Å². The Balaban J connectivity index is 2.16. The summed E-state index contributed by atoms with van der Waals surface area (Å²) >= 11 is 5.98. The Kier molecular flexibility index (Phi) is 5.19. The molecule has 22 heavy (non-hydrogen) atoms. The zero-order valence-corrected chi connectivity index (χ0v) is 12.7. The molecule has 0 radical (unpaired) electrons. The number of halogens is 1. The Hall–Kier alpha value is -2.31. The van der Waals surface area contributed by atoms with Crippen molar-refractivity contribution in [2.24, 2.45) is 0 Å². The number of aromatic nitrogens is 1. The van der Waals surface area contributed by atoms with Gasteiger partial charge in [0.05, 0.1) is 17.5 Å². The second-order valence-corrected chi connectivity index (χ2v) is 5.20. The zero-order valence-electron chi connectivity index (χ0n) is 11.9. The minimum absolute atomic E-state index is 0.0112. The zero-order chi connectivity index (χ0) is 16.1. The summed E-state index contributed by atoms with van der Waals surface area (Å²) in [6.45, 7) is 1.53. The van der Waals surface area contributed by atoms with Crippen LogP contribution >= 0.6 is 11.6 Å². The Bertz CT molecular complexity index is 669. The van der Waals surface area contributed by atoms with E-state index in [4.69, 9.17) is 16.7 Å². The predicted octanol–water partition coefficient (Wildman–Crippen LogP) is 1.57. The molecule has 2 aromatic rings. The van der Waals surface area contributed by atoms with Crippen LogP contribution in [0.3, 0.4) is 0 Å². The summed E-state index contributed by atoms with van der Waals surface area (Å²) in [5.41, 5.74) is 1.10. The second-order valence-electron chi connectivity index (χ2n) is 4.76. The third kappa shape index (κ3) is 4.09. The van der Waals surface area contributed by atoms with E-state index in [1.807, 2.05) is 12.1 Å². The lowest BCUT2D eigenvalue weighted by Crippen LogP contribution is -2.39. The van der Waals surface area contributed by atoms with Gasteiger partial charge in [-0.3, -0.25) is 9.59 Å². The van der Waals surface area contributed by atoms with Crippen LogP contribution in [0.15, 0.2) is 42.7 Å². The van der Waals surface area contributed by atoms with Crippen molar-refractivity contribution in [1.29, 1.82) is 0 Å². The Morgan fingerprint density at radius 3 is 2.59 bits per heavy atom.